The van der Waals surface area contributed by atoms with E-state index < -0.39 is 35.8 Å². The molecule has 182 valence electrons. The molecule has 0 spiro atoms. The summed E-state index contributed by atoms with van der Waals surface area (Å²) in [6.45, 7) is 3.70. The minimum absolute atomic E-state index is 0.160. The fourth-order valence-corrected chi connectivity index (χ4v) is 4.43. The molecule has 1 saturated heterocycles. The lowest BCUT2D eigenvalue weighted by molar-refractivity contribution is -0.149. The number of carbonyl (C=O) groups excluding carboxylic acids is 4. The van der Waals surface area contributed by atoms with Crippen LogP contribution >= 0.6 is 11.3 Å². The molecule has 0 saturated carbocycles. The van der Waals surface area contributed by atoms with Gasteiger partial charge in [0, 0.05) is 23.9 Å². The first-order valence-electron chi connectivity index (χ1n) is 10.8. The molecule has 1 aromatic heterocycles. The first kappa shape index (κ1) is 26.3. The molecule has 33 heavy (non-hydrogen) atoms. The number of thiophene rings is 1. The Morgan fingerprint density at radius 1 is 1.24 bits per heavy atom. The molecule has 1 aliphatic heterocycles. The molecule has 2 rings (SSSR count). The quantitative estimate of drug-likeness (QED) is 0.422. The second-order valence-electron chi connectivity index (χ2n) is 8.30. The summed E-state index contributed by atoms with van der Waals surface area (Å²) in [5.41, 5.74) is 0. The van der Waals surface area contributed by atoms with Gasteiger partial charge in [-0.25, -0.2) is 4.79 Å². The summed E-state index contributed by atoms with van der Waals surface area (Å²) >= 11 is 1.48. The number of nitrogens with zero attached hydrogens (tertiary/aromatic N) is 1. The Balaban J connectivity index is 2.13. The van der Waals surface area contributed by atoms with Gasteiger partial charge in [-0.1, -0.05) is 19.9 Å². The van der Waals surface area contributed by atoms with Crippen LogP contribution in [0.15, 0.2) is 17.5 Å². The summed E-state index contributed by atoms with van der Waals surface area (Å²) in [6.07, 6.45) is 0.237. The van der Waals surface area contributed by atoms with Gasteiger partial charge in [0.05, 0.1) is 20.0 Å². The standard InChI is InChI=1S/C22H31N3O7S/c1-13(2)20(22(31)32-3)24-21(30)16-11-14(23-17(26)12-15-5-4-10-33-15)8-9-25(16)18(27)6-7-19(28)29/h4-5,10,13-14,16,20H,6-9,11-12H2,1-3H3,(H,23,26)(H,24,30)(H,28,29)/t14-,16+,20+/m0/s1. The summed E-state index contributed by atoms with van der Waals surface area (Å²) in [7, 11) is 1.23. The van der Waals surface area contributed by atoms with E-state index >= 15 is 0 Å². The minimum Gasteiger partial charge on any atom is -0.481 e. The maximum atomic E-state index is 13.1. The van der Waals surface area contributed by atoms with E-state index in [9.17, 15) is 24.0 Å². The topological polar surface area (TPSA) is 142 Å². The third-order valence-electron chi connectivity index (χ3n) is 5.48. The molecule has 0 aliphatic carbocycles. The summed E-state index contributed by atoms with van der Waals surface area (Å²) in [6, 6.07) is 1.54. The van der Waals surface area contributed by atoms with Crippen molar-refractivity contribution in [2.24, 2.45) is 5.92 Å². The number of hydrogen-bond acceptors (Lipinski definition) is 7. The number of amides is 3. The number of rotatable bonds is 10. The van der Waals surface area contributed by atoms with Crippen molar-refractivity contribution >= 4 is 41.0 Å². The maximum Gasteiger partial charge on any atom is 0.328 e. The summed E-state index contributed by atoms with van der Waals surface area (Å²) in [4.78, 5) is 63.5. The van der Waals surface area contributed by atoms with Crippen LogP contribution in [0, 0.1) is 5.92 Å². The van der Waals surface area contributed by atoms with E-state index in [0.717, 1.165) is 4.88 Å². The lowest BCUT2D eigenvalue weighted by Crippen LogP contribution is -2.59. The van der Waals surface area contributed by atoms with E-state index in [2.05, 4.69) is 10.6 Å². The summed E-state index contributed by atoms with van der Waals surface area (Å²) in [5.74, 6) is -3.13. The van der Waals surface area contributed by atoms with E-state index in [1.165, 1.54) is 23.3 Å². The summed E-state index contributed by atoms with van der Waals surface area (Å²) in [5, 5.41) is 16.4. The van der Waals surface area contributed by atoms with Gasteiger partial charge < -0.3 is 25.4 Å². The molecule has 0 unspecified atom stereocenters. The van der Waals surface area contributed by atoms with E-state index in [-0.39, 0.29) is 50.1 Å². The number of likely N-dealkylation sites (tertiary alicyclic amines) is 1. The molecule has 3 atom stereocenters. The zero-order valence-corrected chi connectivity index (χ0v) is 19.9. The van der Waals surface area contributed by atoms with Crippen LogP contribution in [-0.2, 0) is 35.1 Å². The van der Waals surface area contributed by atoms with Gasteiger partial charge in [-0.05, 0) is 30.2 Å². The first-order chi connectivity index (χ1) is 15.6. The molecule has 0 aromatic carbocycles. The van der Waals surface area contributed by atoms with E-state index in [0.29, 0.717) is 6.42 Å². The molecule has 0 radical (unpaired) electrons. The highest BCUT2D eigenvalue weighted by Crippen LogP contribution is 2.21. The molecule has 1 fully saturated rings. The Labute approximate surface area is 196 Å². The SMILES string of the molecule is COC(=O)[C@H](NC(=O)[C@H]1C[C@@H](NC(=O)Cc2cccs2)CCN1C(=O)CCC(=O)O)C(C)C. The number of hydrogen-bond donors (Lipinski definition) is 3. The Hall–Kier alpha value is -2.95. The molecule has 0 bridgehead atoms. The van der Waals surface area contributed by atoms with Crippen LogP contribution in [0.2, 0.25) is 0 Å². The van der Waals surface area contributed by atoms with Gasteiger partial charge in [-0.3, -0.25) is 19.2 Å². The van der Waals surface area contributed by atoms with Gasteiger partial charge in [0.2, 0.25) is 17.7 Å². The fourth-order valence-electron chi connectivity index (χ4n) is 3.73. The Bertz CT molecular complexity index is 856. The number of ether oxygens (including phenoxy) is 1. The first-order valence-corrected chi connectivity index (χ1v) is 11.7. The molecule has 11 heteroatoms. The maximum absolute atomic E-state index is 13.1. The van der Waals surface area contributed by atoms with Gasteiger partial charge in [-0.15, -0.1) is 11.3 Å². The molecular weight excluding hydrogens is 450 g/mol. The largest absolute Gasteiger partial charge is 0.481 e. The molecule has 3 N–H and O–H groups in total. The van der Waals surface area contributed by atoms with Crippen molar-refractivity contribution < 1.29 is 33.8 Å². The fraction of sp³-hybridized carbons (Fsp3) is 0.591. The van der Waals surface area contributed by atoms with Crippen molar-refractivity contribution in [3.8, 4) is 0 Å². The number of carboxylic acids is 1. The zero-order valence-electron chi connectivity index (χ0n) is 19.0. The van der Waals surface area contributed by atoms with Crippen LogP contribution in [-0.4, -0.2) is 71.4 Å². The van der Waals surface area contributed by atoms with Gasteiger partial charge in [0.25, 0.3) is 0 Å². The van der Waals surface area contributed by atoms with Crippen LogP contribution in [0.1, 0.15) is 44.4 Å². The number of aliphatic carboxylic acids is 1. The smallest absolute Gasteiger partial charge is 0.328 e. The number of carboxylic acid groups (broad SMARTS) is 1. The normalized spacial score (nSPS) is 19.0. The highest BCUT2D eigenvalue weighted by molar-refractivity contribution is 7.10. The number of nitrogens with one attached hydrogen (secondary N) is 2. The molecular formula is C22H31N3O7S. The molecule has 3 amide bonds. The van der Waals surface area contributed by atoms with Gasteiger partial charge in [0.15, 0.2) is 0 Å². The van der Waals surface area contributed by atoms with Crippen molar-refractivity contribution in [2.45, 2.75) is 64.1 Å². The highest BCUT2D eigenvalue weighted by Gasteiger charge is 2.38. The van der Waals surface area contributed by atoms with E-state index in [4.69, 9.17) is 9.84 Å². The Kier molecular flexibility index (Phi) is 9.83. The number of piperidine rings is 1. The average Bonchev–Trinajstić information content (AvgIpc) is 3.27. The lowest BCUT2D eigenvalue weighted by atomic mass is 9.94. The van der Waals surface area contributed by atoms with E-state index in [1.807, 2.05) is 17.5 Å². The monoisotopic (exact) mass is 481 g/mol. The van der Waals surface area contributed by atoms with Gasteiger partial charge in [0.1, 0.15) is 12.1 Å². The van der Waals surface area contributed by atoms with Crippen LogP contribution < -0.4 is 10.6 Å². The second-order valence-corrected chi connectivity index (χ2v) is 9.33. The number of carbonyl (C=O) groups is 5. The van der Waals surface area contributed by atoms with Crippen LogP contribution in [0.5, 0.6) is 0 Å². The Morgan fingerprint density at radius 3 is 2.55 bits per heavy atom. The van der Waals surface area contributed by atoms with Crippen molar-refractivity contribution in [1.82, 2.24) is 15.5 Å². The van der Waals surface area contributed by atoms with Crippen molar-refractivity contribution in [2.75, 3.05) is 13.7 Å². The predicted octanol–water partition coefficient (Wildman–Crippen LogP) is 0.945. The zero-order chi connectivity index (χ0) is 24.5. The molecule has 10 nitrogen and oxygen atoms in total. The van der Waals surface area contributed by atoms with Gasteiger partial charge >= 0.3 is 11.9 Å². The molecule has 1 aromatic rings. The molecule has 2 heterocycles. The number of methoxy groups -OCH3 is 1. The third-order valence-corrected chi connectivity index (χ3v) is 6.35. The average molecular weight is 482 g/mol. The Morgan fingerprint density at radius 2 is 1.97 bits per heavy atom. The molecule has 1 aliphatic rings. The summed E-state index contributed by atoms with van der Waals surface area (Å²) < 4.78 is 4.77. The van der Waals surface area contributed by atoms with Crippen LogP contribution in [0.4, 0.5) is 0 Å². The van der Waals surface area contributed by atoms with Crippen molar-refractivity contribution in [3.63, 3.8) is 0 Å². The van der Waals surface area contributed by atoms with Crippen molar-refractivity contribution in [3.05, 3.63) is 22.4 Å². The third kappa shape index (κ3) is 7.85. The highest BCUT2D eigenvalue weighted by atomic mass is 32.1. The van der Waals surface area contributed by atoms with Crippen LogP contribution in [0.25, 0.3) is 0 Å². The van der Waals surface area contributed by atoms with Gasteiger partial charge in [-0.2, -0.15) is 0 Å². The predicted molar refractivity (Wildman–Crippen MR) is 120 cm³/mol. The number of esters is 1. The second kappa shape index (κ2) is 12.3. The lowest BCUT2D eigenvalue weighted by Gasteiger charge is -2.39. The van der Waals surface area contributed by atoms with Crippen molar-refractivity contribution in [1.29, 1.82) is 0 Å². The minimum atomic E-state index is -1.11. The van der Waals surface area contributed by atoms with Crippen LogP contribution in [0.3, 0.4) is 0 Å². The van der Waals surface area contributed by atoms with E-state index in [1.54, 1.807) is 13.8 Å².